The van der Waals surface area contributed by atoms with Crippen molar-refractivity contribution in [3.05, 3.63) is 82.8 Å². The number of benzene rings is 3. The van der Waals surface area contributed by atoms with Gasteiger partial charge in [-0.25, -0.2) is 8.42 Å². The number of sulfonamides is 1. The van der Waals surface area contributed by atoms with E-state index in [0.29, 0.717) is 5.69 Å². The zero-order valence-electron chi connectivity index (χ0n) is 15.9. The van der Waals surface area contributed by atoms with E-state index in [9.17, 15) is 13.2 Å². The number of amides is 1. The Labute approximate surface area is 190 Å². The lowest BCUT2D eigenvalue weighted by molar-refractivity contribution is -0.116. The van der Waals surface area contributed by atoms with Crippen LogP contribution in [0.15, 0.2) is 87.5 Å². The second-order valence-electron chi connectivity index (χ2n) is 6.30. The van der Waals surface area contributed by atoms with Crippen LogP contribution in [0, 0.1) is 0 Å². The fourth-order valence-corrected chi connectivity index (χ4v) is 5.38. The van der Waals surface area contributed by atoms with Crippen molar-refractivity contribution in [2.75, 3.05) is 18.9 Å². The maximum Gasteiger partial charge on any atom is 0.244 e. The largest absolute Gasteiger partial charge is 0.324 e. The van der Waals surface area contributed by atoms with Crippen LogP contribution in [0.2, 0.25) is 10.0 Å². The van der Waals surface area contributed by atoms with Crippen LogP contribution in [0.3, 0.4) is 0 Å². The molecule has 1 N–H and O–H groups in total. The van der Waals surface area contributed by atoms with Gasteiger partial charge in [-0.3, -0.25) is 4.79 Å². The highest BCUT2D eigenvalue weighted by Gasteiger charge is 2.26. The average Bonchev–Trinajstić information content (AvgIpc) is 2.72. The highest BCUT2D eigenvalue weighted by Crippen LogP contribution is 2.33. The van der Waals surface area contributed by atoms with Gasteiger partial charge in [0.2, 0.25) is 15.9 Å². The average molecular weight is 481 g/mol. The number of carbonyl (C=O) groups is 1. The van der Waals surface area contributed by atoms with Crippen LogP contribution in [0.1, 0.15) is 0 Å². The van der Waals surface area contributed by atoms with Crippen molar-refractivity contribution in [3.63, 3.8) is 0 Å². The summed E-state index contributed by atoms with van der Waals surface area (Å²) in [6.45, 7) is -0.379. The fraction of sp³-hybridized carbons (Fsp3) is 0.0952. The van der Waals surface area contributed by atoms with Crippen molar-refractivity contribution in [2.45, 2.75) is 14.7 Å². The van der Waals surface area contributed by atoms with Crippen LogP contribution in [-0.2, 0) is 14.8 Å². The molecule has 0 spiro atoms. The standard InChI is InChI=1S/C21H18Cl2N2O3S2/c1-25(30(27,28)20-13-15(22)11-12-17(20)23)14-21(26)24-18-9-5-6-10-19(18)29-16-7-3-2-4-8-16/h2-13H,14H2,1H3,(H,24,26). The molecule has 0 aliphatic carbocycles. The van der Waals surface area contributed by atoms with E-state index in [2.05, 4.69) is 5.32 Å². The summed E-state index contributed by atoms with van der Waals surface area (Å²) in [5.41, 5.74) is 0.600. The summed E-state index contributed by atoms with van der Waals surface area (Å²) < 4.78 is 26.5. The molecule has 30 heavy (non-hydrogen) atoms. The van der Waals surface area contributed by atoms with E-state index in [-0.39, 0.29) is 21.5 Å². The van der Waals surface area contributed by atoms with Gasteiger partial charge in [-0.05, 0) is 42.5 Å². The lowest BCUT2D eigenvalue weighted by Crippen LogP contribution is -2.35. The summed E-state index contributed by atoms with van der Waals surface area (Å²) in [6, 6.07) is 21.2. The number of para-hydroxylation sites is 1. The van der Waals surface area contributed by atoms with Gasteiger partial charge < -0.3 is 5.32 Å². The number of carbonyl (C=O) groups excluding carboxylic acids is 1. The van der Waals surface area contributed by atoms with Gasteiger partial charge in [-0.2, -0.15) is 4.31 Å². The molecule has 0 bridgehead atoms. The van der Waals surface area contributed by atoms with Crippen molar-refractivity contribution in [1.29, 1.82) is 0 Å². The number of anilines is 1. The second-order valence-corrected chi connectivity index (χ2v) is 10.3. The quantitative estimate of drug-likeness (QED) is 0.491. The van der Waals surface area contributed by atoms with E-state index >= 15 is 0 Å². The third kappa shape index (κ3) is 5.56. The van der Waals surface area contributed by atoms with E-state index in [0.717, 1.165) is 14.1 Å². The van der Waals surface area contributed by atoms with E-state index in [1.165, 1.54) is 37.0 Å². The smallest absolute Gasteiger partial charge is 0.244 e. The molecule has 0 unspecified atom stereocenters. The molecule has 0 saturated carbocycles. The minimum atomic E-state index is -3.99. The van der Waals surface area contributed by atoms with Crippen molar-refractivity contribution in [3.8, 4) is 0 Å². The molecule has 3 rings (SSSR count). The topological polar surface area (TPSA) is 66.5 Å². The Bertz CT molecular complexity index is 1160. The number of nitrogens with zero attached hydrogens (tertiary/aromatic N) is 1. The number of nitrogens with one attached hydrogen (secondary N) is 1. The van der Waals surface area contributed by atoms with Gasteiger partial charge in [-0.1, -0.05) is 65.3 Å². The Balaban J connectivity index is 1.74. The van der Waals surface area contributed by atoms with Crippen LogP contribution in [0.5, 0.6) is 0 Å². The van der Waals surface area contributed by atoms with Crippen LogP contribution >= 0.6 is 35.0 Å². The SMILES string of the molecule is CN(CC(=O)Nc1ccccc1Sc1ccccc1)S(=O)(=O)c1cc(Cl)ccc1Cl. The normalized spacial score (nSPS) is 11.5. The molecule has 3 aromatic carbocycles. The van der Waals surface area contributed by atoms with E-state index in [1.807, 2.05) is 42.5 Å². The molecule has 0 aliphatic rings. The third-order valence-electron chi connectivity index (χ3n) is 4.08. The fourth-order valence-electron chi connectivity index (χ4n) is 2.59. The molecular formula is C21H18Cl2N2O3S2. The van der Waals surface area contributed by atoms with Crippen molar-refractivity contribution >= 4 is 56.6 Å². The van der Waals surface area contributed by atoms with E-state index < -0.39 is 15.9 Å². The predicted octanol–water partition coefficient (Wildman–Crippen LogP) is 5.40. The molecule has 0 saturated heterocycles. The van der Waals surface area contributed by atoms with Gasteiger partial charge in [0.1, 0.15) is 4.90 Å². The first-order valence-electron chi connectivity index (χ1n) is 8.80. The minimum absolute atomic E-state index is 0.0382. The van der Waals surface area contributed by atoms with Crippen LogP contribution in [0.25, 0.3) is 0 Å². The van der Waals surface area contributed by atoms with Crippen LogP contribution < -0.4 is 5.32 Å². The molecule has 0 aromatic heterocycles. The Morgan fingerprint density at radius 2 is 1.67 bits per heavy atom. The Morgan fingerprint density at radius 3 is 2.40 bits per heavy atom. The molecule has 156 valence electrons. The number of rotatable bonds is 7. The van der Waals surface area contributed by atoms with Gasteiger partial charge in [0, 0.05) is 21.9 Å². The lowest BCUT2D eigenvalue weighted by atomic mass is 10.3. The summed E-state index contributed by atoms with van der Waals surface area (Å²) in [5.74, 6) is -0.472. The van der Waals surface area contributed by atoms with Gasteiger partial charge in [0.05, 0.1) is 17.3 Å². The molecule has 0 atom stereocenters. The molecule has 0 aliphatic heterocycles. The van der Waals surface area contributed by atoms with Gasteiger partial charge in [-0.15, -0.1) is 0 Å². The first-order chi connectivity index (χ1) is 14.3. The lowest BCUT2D eigenvalue weighted by Gasteiger charge is -2.18. The molecule has 1 amide bonds. The van der Waals surface area contributed by atoms with E-state index in [4.69, 9.17) is 23.2 Å². The number of hydrogen-bond donors (Lipinski definition) is 1. The summed E-state index contributed by atoms with van der Waals surface area (Å²) in [5, 5.41) is 3.06. The molecule has 0 radical (unpaired) electrons. The number of halogens is 2. The third-order valence-corrected chi connectivity index (χ3v) is 7.68. The predicted molar refractivity (Wildman–Crippen MR) is 122 cm³/mol. The first kappa shape index (κ1) is 22.7. The second kappa shape index (κ2) is 9.85. The summed E-state index contributed by atoms with van der Waals surface area (Å²) in [7, 11) is -2.67. The molecule has 9 heteroatoms. The zero-order valence-corrected chi connectivity index (χ0v) is 19.0. The molecular weight excluding hydrogens is 463 g/mol. The highest BCUT2D eigenvalue weighted by molar-refractivity contribution is 7.99. The molecule has 0 heterocycles. The van der Waals surface area contributed by atoms with E-state index in [1.54, 1.807) is 12.1 Å². The monoisotopic (exact) mass is 480 g/mol. The van der Waals surface area contributed by atoms with Gasteiger partial charge in [0.15, 0.2) is 0 Å². The van der Waals surface area contributed by atoms with Crippen molar-refractivity contribution in [1.82, 2.24) is 4.31 Å². The Morgan fingerprint density at radius 1 is 1.00 bits per heavy atom. The Hall–Kier alpha value is -2.03. The zero-order chi connectivity index (χ0) is 21.7. The molecule has 0 fully saturated rings. The van der Waals surface area contributed by atoms with Gasteiger partial charge >= 0.3 is 0 Å². The number of hydrogen-bond acceptors (Lipinski definition) is 4. The summed E-state index contributed by atoms with van der Waals surface area (Å²) in [4.78, 5) is 14.3. The highest BCUT2D eigenvalue weighted by atomic mass is 35.5. The minimum Gasteiger partial charge on any atom is -0.324 e. The van der Waals surface area contributed by atoms with Crippen molar-refractivity contribution in [2.24, 2.45) is 0 Å². The van der Waals surface area contributed by atoms with Crippen molar-refractivity contribution < 1.29 is 13.2 Å². The molecule has 5 nitrogen and oxygen atoms in total. The Kier molecular flexibility index (Phi) is 7.44. The first-order valence-corrected chi connectivity index (χ1v) is 11.8. The maximum absolute atomic E-state index is 12.8. The van der Waals surface area contributed by atoms with Crippen LogP contribution in [0.4, 0.5) is 5.69 Å². The summed E-state index contributed by atoms with van der Waals surface area (Å²) in [6.07, 6.45) is 0. The molecule has 3 aromatic rings. The number of likely N-dealkylation sites (N-methyl/N-ethyl adjacent to an activating group) is 1. The maximum atomic E-state index is 12.8. The summed E-state index contributed by atoms with van der Waals surface area (Å²) >= 11 is 13.4. The van der Waals surface area contributed by atoms with Crippen LogP contribution in [-0.4, -0.2) is 32.2 Å². The van der Waals surface area contributed by atoms with Gasteiger partial charge in [0.25, 0.3) is 0 Å².